The lowest BCUT2D eigenvalue weighted by Crippen LogP contribution is -2.49. The molecule has 1 aromatic heterocycles. The summed E-state index contributed by atoms with van der Waals surface area (Å²) in [6.45, 7) is 11.6. The van der Waals surface area contributed by atoms with Crippen LogP contribution in [-0.4, -0.2) is 48.6 Å². The average molecular weight is 294 g/mol. The first kappa shape index (κ1) is 16.2. The van der Waals surface area contributed by atoms with Crippen molar-refractivity contribution >= 4 is 5.82 Å². The van der Waals surface area contributed by atoms with Gasteiger partial charge in [-0.25, -0.2) is 9.37 Å². The van der Waals surface area contributed by atoms with Crippen molar-refractivity contribution in [2.24, 2.45) is 0 Å². The maximum absolute atomic E-state index is 14.6. The highest BCUT2D eigenvalue weighted by Gasteiger charge is 2.22. The Kier molecular flexibility index (Phi) is 5.94. The molecular formula is C16H27FN4. The van der Waals surface area contributed by atoms with Gasteiger partial charge in [-0.15, -0.1) is 0 Å². The van der Waals surface area contributed by atoms with Crippen LogP contribution in [0, 0.1) is 5.82 Å². The van der Waals surface area contributed by atoms with Gasteiger partial charge in [0.05, 0.1) is 0 Å². The van der Waals surface area contributed by atoms with Crippen molar-refractivity contribution in [3.05, 3.63) is 23.6 Å². The molecule has 1 saturated heterocycles. The predicted molar refractivity (Wildman–Crippen MR) is 85.1 cm³/mol. The fourth-order valence-electron chi connectivity index (χ4n) is 2.68. The van der Waals surface area contributed by atoms with E-state index in [1.54, 1.807) is 12.3 Å². The Morgan fingerprint density at radius 2 is 2.00 bits per heavy atom. The predicted octanol–water partition coefficient (Wildman–Crippen LogP) is 2.25. The zero-order valence-electron chi connectivity index (χ0n) is 13.4. The van der Waals surface area contributed by atoms with Gasteiger partial charge in [0.25, 0.3) is 0 Å². The van der Waals surface area contributed by atoms with Crippen LogP contribution in [0.15, 0.2) is 12.3 Å². The Morgan fingerprint density at radius 1 is 1.29 bits per heavy atom. The number of hydrogen-bond acceptors (Lipinski definition) is 4. The first-order valence-corrected chi connectivity index (χ1v) is 7.96. The number of pyridine rings is 1. The fourth-order valence-corrected chi connectivity index (χ4v) is 2.68. The monoisotopic (exact) mass is 294 g/mol. The average Bonchev–Trinajstić information content (AvgIpc) is 2.49. The number of nitrogens with one attached hydrogen (secondary N) is 1. The van der Waals surface area contributed by atoms with Crippen LogP contribution >= 0.6 is 0 Å². The summed E-state index contributed by atoms with van der Waals surface area (Å²) < 4.78 is 14.6. The molecule has 2 heterocycles. The highest BCUT2D eigenvalue weighted by molar-refractivity contribution is 5.43. The number of rotatable bonds is 6. The lowest BCUT2D eigenvalue weighted by Gasteiger charge is -2.37. The molecule has 2 rings (SSSR count). The Labute approximate surface area is 127 Å². The van der Waals surface area contributed by atoms with E-state index in [0.717, 1.165) is 39.1 Å². The van der Waals surface area contributed by atoms with Gasteiger partial charge in [0, 0.05) is 50.5 Å². The summed E-state index contributed by atoms with van der Waals surface area (Å²) in [7, 11) is 0. The molecule has 1 aliphatic rings. The van der Waals surface area contributed by atoms with Crippen LogP contribution in [0.2, 0.25) is 0 Å². The van der Waals surface area contributed by atoms with E-state index in [9.17, 15) is 4.39 Å². The number of anilines is 1. The van der Waals surface area contributed by atoms with Crippen molar-refractivity contribution < 1.29 is 4.39 Å². The fraction of sp³-hybridized carbons (Fsp3) is 0.688. The molecule has 1 aliphatic heterocycles. The van der Waals surface area contributed by atoms with Gasteiger partial charge in [-0.3, -0.25) is 4.90 Å². The molecule has 5 heteroatoms. The van der Waals surface area contributed by atoms with Gasteiger partial charge in [-0.05, 0) is 32.9 Å². The van der Waals surface area contributed by atoms with Crippen molar-refractivity contribution in [1.82, 2.24) is 15.2 Å². The SMILES string of the molecule is CCCNCc1ccnc(N2CCN(C(C)C)CC2)c1F. The summed E-state index contributed by atoms with van der Waals surface area (Å²) >= 11 is 0. The minimum atomic E-state index is -0.167. The molecule has 21 heavy (non-hydrogen) atoms. The van der Waals surface area contributed by atoms with Gasteiger partial charge in [0.15, 0.2) is 11.6 Å². The van der Waals surface area contributed by atoms with Crippen molar-refractivity contribution in [3.8, 4) is 0 Å². The van der Waals surface area contributed by atoms with Crippen molar-refractivity contribution in [2.75, 3.05) is 37.6 Å². The summed E-state index contributed by atoms with van der Waals surface area (Å²) in [6.07, 6.45) is 2.77. The Balaban J connectivity index is 2.02. The van der Waals surface area contributed by atoms with Crippen LogP contribution in [0.25, 0.3) is 0 Å². The van der Waals surface area contributed by atoms with E-state index < -0.39 is 0 Å². The molecular weight excluding hydrogens is 267 g/mol. The summed E-state index contributed by atoms with van der Waals surface area (Å²) in [5, 5.41) is 3.25. The largest absolute Gasteiger partial charge is 0.352 e. The molecule has 1 aromatic rings. The summed E-state index contributed by atoms with van der Waals surface area (Å²) in [4.78, 5) is 8.75. The number of aromatic nitrogens is 1. The molecule has 0 spiro atoms. The zero-order valence-corrected chi connectivity index (χ0v) is 13.4. The minimum Gasteiger partial charge on any atom is -0.352 e. The van der Waals surface area contributed by atoms with Gasteiger partial charge in [-0.2, -0.15) is 0 Å². The van der Waals surface area contributed by atoms with E-state index in [4.69, 9.17) is 0 Å². The van der Waals surface area contributed by atoms with Crippen LogP contribution in [0.1, 0.15) is 32.8 Å². The quantitative estimate of drug-likeness (QED) is 0.816. The first-order valence-electron chi connectivity index (χ1n) is 7.96. The summed E-state index contributed by atoms with van der Waals surface area (Å²) in [5.41, 5.74) is 0.708. The standard InChI is InChI=1S/C16H27FN4/c1-4-6-18-12-14-5-7-19-16(15(14)17)21-10-8-20(9-11-21)13(2)3/h5,7,13,18H,4,6,8-12H2,1-3H3. The van der Waals surface area contributed by atoms with Gasteiger partial charge < -0.3 is 10.2 Å². The van der Waals surface area contributed by atoms with E-state index >= 15 is 0 Å². The van der Waals surface area contributed by atoms with Crippen molar-refractivity contribution in [3.63, 3.8) is 0 Å². The number of hydrogen-bond donors (Lipinski definition) is 1. The zero-order chi connectivity index (χ0) is 15.2. The van der Waals surface area contributed by atoms with Crippen LogP contribution < -0.4 is 10.2 Å². The van der Waals surface area contributed by atoms with Crippen molar-refractivity contribution in [1.29, 1.82) is 0 Å². The topological polar surface area (TPSA) is 31.4 Å². The van der Waals surface area contributed by atoms with E-state index in [2.05, 4.69) is 40.9 Å². The molecule has 4 nitrogen and oxygen atoms in total. The molecule has 0 unspecified atom stereocenters. The number of nitrogens with zero attached hydrogens (tertiary/aromatic N) is 3. The second kappa shape index (κ2) is 7.71. The lowest BCUT2D eigenvalue weighted by molar-refractivity contribution is 0.208. The highest BCUT2D eigenvalue weighted by Crippen LogP contribution is 2.21. The Bertz CT molecular complexity index is 442. The first-order chi connectivity index (χ1) is 10.1. The minimum absolute atomic E-state index is 0.167. The van der Waals surface area contributed by atoms with Crippen LogP contribution in [0.3, 0.4) is 0 Å². The maximum Gasteiger partial charge on any atom is 0.170 e. The van der Waals surface area contributed by atoms with Gasteiger partial charge in [0.2, 0.25) is 0 Å². The third-order valence-electron chi connectivity index (χ3n) is 4.04. The van der Waals surface area contributed by atoms with E-state index in [0.29, 0.717) is 24.0 Å². The summed E-state index contributed by atoms with van der Waals surface area (Å²) in [6, 6.07) is 2.32. The maximum atomic E-state index is 14.6. The van der Waals surface area contributed by atoms with Gasteiger partial charge >= 0.3 is 0 Å². The molecule has 0 aliphatic carbocycles. The van der Waals surface area contributed by atoms with E-state index in [-0.39, 0.29) is 5.82 Å². The molecule has 0 saturated carbocycles. The number of halogens is 1. The van der Waals surface area contributed by atoms with Gasteiger partial charge in [-0.1, -0.05) is 6.92 Å². The molecule has 118 valence electrons. The number of piperazine rings is 1. The molecule has 0 atom stereocenters. The Morgan fingerprint density at radius 3 is 2.62 bits per heavy atom. The molecule has 0 amide bonds. The van der Waals surface area contributed by atoms with Crippen LogP contribution in [0.5, 0.6) is 0 Å². The highest BCUT2D eigenvalue weighted by atomic mass is 19.1. The van der Waals surface area contributed by atoms with E-state index in [1.165, 1.54) is 0 Å². The van der Waals surface area contributed by atoms with Crippen LogP contribution in [0.4, 0.5) is 10.2 Å². The smallest absolute Gasteiger partial charge is 0.170 e. The molecule has 1 N–H and O–H groups in total. The van der Waals surface area contributed by atoms with Crippen LogP contribution in [-0.2, 0) is 6.54 Å². The van der Waals surface area contributed by atoms with Crippen molar-refractivity contribution in [2.45, 2.75) is 39.8 Å². The lowest BCUT2D eigenvalue weighted by atomic mass is 10.2. The third-order valence-corrected chi connectivity index (χ3v) is 4.04. The normalized spacial score (nSPS) is 16.7. The molecule has 0 radical (unpaired) electrons. The second-order valence-corrected chi connectivity index (χ2v) is 5.90. The molecule has 0 aromatic carbocycles. The second-order valence-electron chi connectivity index (χ2n) is 5.90. The van der Waals surface area contributed by atoms with E-state index in [1.807, 2.05) is 0 Å². The molecule has 0 bridgehead atoms. The summed E-state index contributed by atoms with van der Waals surface area (Å²) in [5.74, 6) is 0.341. The van der Waals surface area contributed by atoms with Gasteiger partial charge in [0.1, 0.15) is 0 Å². The third kappa shape index (κ3) is 4.14. The Hall–Kier alpha value is -1.20. The molecule has 1 fully saturated rings.